The number of para-hydroxylation sites is 1. The summed E-state index contributed by atoms with van der Waals surface area (Å²) >= 11 is 0. The summed E-state index contributed by atoms with van der Waals surface area (Å²) in [7, 11) is 0. The van der Waals surface area contributed by atoms with Gasteiger partial charge in [0.2, 0.25) is 11.7 Å². The largest absolute Gasteiger partial charge is 0.339 e. The van der Waals surface area contributed by atoms with Gasteiger partial charge >= 0.3 is 0 Å². The molecule has 1 aliphatic rings. The second-order valence-corrected chi connectivity index (χ2v) is 6.07. The molecule has 0 bridgehead atoms. The van der Waals surface area contributed by atoms with Crippen molar-refractivity contribution in [3.63, 3.8) is 0 Å². The molecule has 0 saturated heterocycles. The summed E-state index contributed by atoms with van der Waals surface area (Å²) in [6, 6.07) is 15.6. The first kappa shape index (κ1) is 14.6. The van der Waals surface area contributed by atoms with Gasteiger partial charge in [0.05, 0.1) is 0 Å². The SMILES string of the molecule is Cc1nc(-c2cccc(C(=O)N3c4ccccc4C[C@@H]3C)c2)no1. The highest BCUT2D eigenvalue weighted by molar-refractivity contribution is 6.08. The first-order valence-corrected chi connectivity index (χ1v) is 7.95. The molecule has 0 aliphatic carbocycles. The molecule has 0 saturated carbocycles. The van der Waals surface area contributed by atoms with Crippen molar-refractivity contribution in [1.82, 2.24) is 10.1 Å². The van der Waals surface area contributed by atoms with Crippen LogP contribution in [0.25, 0.3) is 11.4 Å². The minimum Gasteiger partial charge on any atom is -0.339 e. The summed E-state index contributed by atoms with van der Waals surface area (Å²) in [4.78, 5) is 19.2. The monoisotopic (exact) mass is 319 g/mol. The van der Waals surface area contributed by atoms with Crippen LogP contribution in [0, 0.1) is 6.92 Å². The molecule has 2 aromatic carbocycles. The van der Waals surface area contributed by atoms with E-state index in [2.05, 4.69) is 23.1 Å². The van der Waals surface area contributed by atoms with E-state index in [1.165, 1.54) is 5.56 Å². The Morgan fingerprint density at radius 2 is 2.04 bits per heavy atom. The van der Waals surface area contributed by atoms with E-state index >= 15 is 0 Å². The molecule has 0 radical (unpaired) electrons. The molecule has 5 heteroatoms. The number of hydrogen-bond acceptors (Lipinski definition) is 4. The van der Waals surface area contributed by atoms with Crippen molar-refractivity contribution in [3.05, 3.63) is 65.5 Å². The first-order chi connectivity index (χ1) is 11.6. The normalized spacial score (nSPS) is 16.2. The predicted molar refractivity (Wildman–Crippen MR) is 90.9 cm³/mol. The Hall–Kier alpha value is -2.95. The topological polar surface area (TPSA) is 59.2 Å². The Bertz CT molecular complexity index is 916. The molecular formula is C19H17N3O2. The van der Waals surface area contributed by atoms with Crippen LogP contribution in [0.4, 0.5) is 5.69 Å². The summed E-state index contributed by atoms with van der Waals surface area (Å²) < 4.78 is 5.03. The second kappa shape index (κ2) is 5.60. The van der Waals surface area contributed by atoms with Gasteiger partial charge < -0.3 is 9.42 Å². The fourth-order valence-electron chi connectivity index (χ4n) is 3.22. The number of fused-ring (bicyclic) bond motifs is 1. The van der Waals surface area contributed by atoms with E-state index < -0.39 is 0 Å². The lowest BCUT2D eigenvalue weighted by Crippen LogP contribution is -2.35. The summed E-state index contributed by atoms with van der Waals surface area (Å²) in [6.45, 7) is 3.82. The van der Waals surface area contributed by atoms with Crippen molar-refractivity contribution in [2.45, 2.75) is 26.3 Å². The van der Waals surface area contributed by atoms with E-state index in [4.69, 9.17) is 4.52 Å². The van der Waals surface area contributed by atoms with Crippen LogP contribution in [-0.2, 0) is 6.42 Å². The first-order valence-electron chi connectivity index (χ1n) is 7.95. The summed E-state index contributed by atoms with van der Waals surface area (Å²) in [5, 5.41) is 3.92. The van der Waals surface area contributed by atoms with E-state index in [1.807, 2.05) is 47.4 Å². The fourth-order valence-corrected chi connectivity index (χ4v) is 3.22. The van der Waals surface area contributed by atoms with Crippen molar-refractivity contribution < 1.29 is 9.32 Å². The van der Waals surface area contributed by atoms with Gasteiger partial charge in [-0.1, -0.05) is 35.5 Å². The quantitative estimate of drug-likeness (QED) is 0.723. The maximum Gasteiger partial charge on any atom is 0.258 e. The highest BCUT2D eigenvalue weighted by Gasteiger charge is 2.31. The number of carbonyl (C=O) groups excluding carboxylic acids is 1. The Labute approximate surface area is 139 Å². The minimum absolute atomic E-state index is 0.00508. The van der Waals surface area contributed by atoms with Gasteiger partial charge in [0.15, 0.2) is 0 Å². The second-order valence-electron chi connectivity index (χ2n) is 6.07. The number of anilines is 1. The maximum absolute atomic E-state index is 13.1. The third-order valence-corrected chi connectivity index (χ3v) is 4.32. The van der Waals surface area contributed by atoms with Crippen LogP contribution in [0.3, 0.4) is 0 Å². The van der Waals surface area contributed by atoms with Crippen LogP contribution in [0.1, 0.15) is 28.7 Å². The lowest BCUT2D eigenvalue weighted by Gasteiger charge is -2.23. The van der Waals surface area contributed by atoms with Crippen LogP contribution in [0.2, 0.25) is 0 Å². The van der Waals surface area contributed by atoms with Gasteiger partial charge in [-0.3, -0.25) is 4.79 Å². The van der Waals surface area contributed by atoms with E-state index in [1.54, 1.807) is 6.92 Å². The summed E-state index contributed by atoms with van der Waals surface area (Å²) in [5.74, 6) is 0.996. The minimum atomic E-state index is -0.00508. The molecule has 1 amide bonds. The van der Waals surface area contributed by atoms with Gasteiger partial charge in [-0.05, 0) is 37.1 Å². The molecule has 0 N–H and O–H groups in total. The van der Waals surface area contributed by atoms with Crippen molar-refractivity contribution >= 4 is 11.6 Å². The molecule has 3 aromatic rings. The average Bonchev–Trinajstić information content (AvgIpc) is 3.17. The Morgan fingerprint density at radius 1 is 1.21 bits per heavy atom. The standard InChI is InChI=1S/C19H17N3O2/c1-12-10-14-6-3-4-9-17(14)22(12)19(23)16-8-5-7-15(11-16)18-20-13(2)24-21-18/h3-9,11-12H,10H2,1-2H3/t12-/m0/s1. The summed E-state index contributed by atoms with van der Waals surface area (Å²) in [5.41, 5.74) is 3.61. The highest BCUT2D eigenvalue weighted by atomic mass is 16.5. The molecule has 0 fully saturated rings. The molecule has 1 atom stereocenters. The molecule has 24 heavy (non-hydrogen) atoms. The number of benzene rings is 2. The molecular weight excluding hydrogens is 302 g/mol. The van der Waals surface area contributed by atoms with Crippen LogP contribution in [-0.4, -0.2) is 22.1 Å². The number of nitrogens with zero attached hydrogens (tertiary/aromatic N) is 3. The van der Waals surface area contributed by atoms with Gasteiger partial charge in [-0.15, -0.1) is 0 Å². The number of aryl methyl sites for hydroxylation is 1. The zero-order valence-electron chi connectivity index (χ0n) is 13.6. The zero-order valence-corrected chi connectivity index (χ0v) is 13.6. The summed E-state index contributed by atoms with van der Waals surface area (Å²) in [6.07, 6.45) is 0.881. The van der Waals surface area contributed by atoms with E-state index in [-0.39, 0.29) is 11.9 Å². The third kappa shape index (κ3) is 2.38. The number of hydrogen-bond donors (Lipinski definition) is 0. The van der Waals surface area contributed by atoms with E-state index in [9.17, 15) is 4.79 Å². The van der Waals surface area contributed by atoms with Crippen LogP contribution < -0.4 is 4.90 Å². The molecule has 120 valence electrons. The molecule has 4 rings (SSSR count). The van der Waals surface area contributed by atoms with Crippen molar-refractivity contribution in [2.75, 3.05) is 4.90 Å². The molecule has 1 aliphatic heterocycles. The molecule has 0 spiro atoms. The lowest BCUT2D eigenvalue weighted by atomic mass is 10.1. The van der Waals surface area contributed by atoms with E-state index in [0.29, 0.717) is 17.3 Å². The fraction of sp³-hybridized carbons (Fsp3) is 0.211. The Balaban J connectivity index is 1.71. The van der Waals surface area contributed by atoms with Crippen molar-refractivity contribution in [3.8, 4) is 11.4 Å². The molecule has 0 unspecified atom stereocenters. The molecule has 5 nitrogen and oxygen atoms in total. The zero-order chi connectivity index (χ0) is 16.7. The third-order valence-electron chi connectivity index (χ3n) is 4.32. The number of aromatic nitrogens is 2. The number of amides is 1. The Kier molecular flexibility index (Phi) is 3.41. The number of carbonyl (C=O) groups is 1. The van der Waals surface area contributed by atoms with Crippen molar-refractivity contribution in [2.24, 2.45) is 0 Å². The van der Waals surface area contributed by atoms with Crippen LogP contribution in [0.5, 0.6) is 0 Å². The maximum atomic E-state index is 13.1. The number of rotatable bonds is 2. The van der Waals surface area contributed by atoms with E-state index in [0.717, 1.165) is 17.7 Å². The lowest BCUT2D eigenvalue weighted by molar-refractivity contribution is 0.0981. The van der Waals surface area contributed by atoms with Gasteiger partial charge in [0.1, 0.15) is 0 Å². The smallest absolute Gasteiger partial charge is 0.258 e. The van der Waals surface area contributed by atoms with Crippen molar-refractivity contribution in [1.29, 1.82) is 0 Å². The average molecular weight is 319 g/mol. The van der Waals surface area contributed by atoms with Gasteiger partial charge in [-0.25, -0.2) is 0 Å². The predicted octanol–water partition coefficient (Wildman–Crippen LogP) is 3.64. The van der Waals surface area contributed by atoms with Gasteiger partial charge in [0, 0.05) is 29.8 Å². The molecule has 1 aromatic heterocycles. The van der Waals surface area contributed by atoms with Gasteiger partial charge in [-0.2, -0.15) is 4.98 Å². The van der Waals surface area contributed by atoms with Gasteiger partial charge in [0.25, 0.3) is 5.91 Å². The van der Waals surface area contributed by atoms with Crippen LogP contribution >= 0.6 is 0 Å². The molecule has 2 heterocycles. The van der Waals surface area contributed by atoms with Crippen LogP contribution in [0.15, 0.2) is 53.1 Å². The highest BCUT2D eigenvalue weighted by Crippen LogP contribution is 2.33. The Morgan fingerprint density at radius 3 is 2.83 bits per heavy atom.